The molecule has 0 aromatic heterocycles. The zero-order chi connectivity index (χ0) is 14.0. The van der Waals surface area contributed by atoms with Crippen LogP contribution in [-0.2, 0) is 4.79 Å². The Bertz CT molecular complexity index is 519. The summed E-state index contributed by atoms with van der Waals surface area (Å²) >= 11 is 1.45. The SMILES string of the molecule is Cc1ccc(NC(=O)N2CSC[C@H]2C(=O)O)cc1C. The number of aliphatic carboxylic acids is 1. The monoisotopic (exact) mass is 280 g/mol. The lowest BCUT2D eigenvalue weighted by atomic mass is 10.1. The summed E-state index contributed by atoms with van der Waals surface area (Å²) in [4.78, 5) is 24.4. The number of aryl methyl sites for hydroxylation is 2. The number of hydrogen-bond donors (Lipinski definition) is 2. The summed E-state index contributed by atoms with van der Waals surface area (Å²) in [6.45, 7) is 3.97. The molecule has 0 radical (unpaired) electrons. The van der Waals surface area contributed by atoms with Gasteiger partial charge >= 0.3 is 12.0 Å². The quantitative estimate of drug-likeness (QED) is 0.872. The fourth-order valence-corrected chi connectivity index (χ4v) is 3.01. The average Bonchev–Trinajstić information content (AvgIpc) is 2.83. The van der Waals surface area contributed by atoms with E-state index >= 15 is 0 Å². The Morgan fingerprint density at radius 1 is 1.37 bits per heavy atom. The van der Waals surface area contributed by atoms with Crippen LogP contribution in [0.5, 0.6) is 0 Å². The van der Waals surface area contributed by atoms with Gasteiger partial charge in [-0.25, -0.2) is 9.59 Å². The number of hydrogen-bond acceptors (Lipinski definition) is 3. The Balaban J connectivity index is 2.08. The first-order valence-electron chi connectivity index (χ1n) is 5.94. The van der Waals surface area contributed by atoms with E-state index in [-0.39, 0.29) is 6.03 Å². The Morgan fingerprint density at radius 2 is 2.11 bits per heavy atom. The summed E-state index contributed by atoms with van der Waals surface area (Å²) in [7, 11) is 0. The fraction of sp³-hybridized carbons (Fsp3) is 0.385. The van der Waals surface area contributed by atoms with Crippen molar-refractivity contribution in [2.24, 2.45) is 0 Å². The zero-order valence-corrected chi connectivity index (χ0v) is 11.7. The van der Waals surface area contributed by atoms with Crippen molar-refractivity contribution in [3.8, 4) is 0 Å². The van der Waals surface area contributed by atoms with Crippen molar-refractivity contribution in [1.29, 1.82) is 0 Å². The van der Waals surface area contributed by atoms with Crippen molar-refractivity contribution in [2.45, 2.75) is 19.9 Å². The number of rotatable bonds is 2. The highest BCUT2D eigenvalue weighted by Gasteiger charge is 2.34. The van der Waals surface area contributed by atoms with Gasteiger partial charge in [-0.1, -0.05) is 6.07 Å². The number of thioether (sulfide) groups is 1. The molecule has 0 unspecified atom stereocenters. The molecule has 1 fully saturated rings. The van der Waals surface area contributed by atoms with Crippen molar-refractivity contribution >= 4 is 29.4 Å². The van der Waals surface area contributed by atoms with Crippen LogP contribution in [0.1, 0.15) is 11.1 Å². The van der Waals surface area contributed by atoms with E-state index in [1.54, 1.807) is 0 Å². The fourth-order valence-electron chi connectivity index (χ4n) is 1.86. The molecule has 1 aliphatic rings. The van der Waals surface area contributed by atoms with Gasteiger partial charge in [-0.2, -0.15) is 0 Å². The van der Waals surface area contributed by atoms with Gasteiger partial charge in [-0.05, 0) is 37.1 Å². The van der Waals surface area contributed by atoms with E-state index in [0.717, 1.165) is 11.1 Å². The van der Waals surface area contributed by atoms with E-state index in [4.69, 9.17) is 5.11 Å². The third-order valence-electron chi connectivity index (χ3n) is 3.19. The van der Waals surface area contributed by atoms with E-state index in [0.29, 0.717) is 17.3 Å². The van der Waals surface area contributed by atoms with Crippen LogP contribution in [0.2, 0.25) is 0 Å². The molecule has 2 N–H and O–H groups in total. The van der Waals surface area contributed by atoms with Crippen LogP contribution < -0.4 is 5.32 Å². The van der Waals surface area contributed by atoms with Gasteiger partial charge in [0.25, 0.3) is 0 Å². The molecule has 6 heteroatoms. The third-order valence-corrected chi connectivity index (χ3v) is 4.20. The number of urea groups is 1. The van der Waals surface area contributed by atoms with Gasteiger partial charge in [-0.3, -0.25) is 0 Å². The molecule has 1 atom stereocenters. The maximum atomic E-state index is 12.1. The first kappa shape index (κ1) is 13.7. The number of nitrogens with one attached hydrogen (secondary N) is 1. The van der Waals surface area contributed by atoms with Crippen LogP contribution in [0.4, 0.5) is 10.5 Å². The summed E-state index contributed by atoms with van der Waals surface area (Å²) < 4.78 is 0. The lowest BCUT2D eigenvalue weighted by Gasteiger charge is -2.21. The molecular weight excluding hydrogens is 264 g/mol. The molecule has 0 saturated carbocycles. The van der Waals surface area contributed by atoms with Crippen LogP contribution in [-0.4, -0.2) is 39.7 Å². The number of amides is 2. The molecule has 1 aromatic carbocycles. The summed E-state index contributed by atoms with van der Waals surface area (Å²) in [5, 5.41) is 11.8. The molecule has 1 saturated heterocycles. The number of carboxylic acid groups (broad SMARTS) is 1. The van der Waals surface area contributed by atoms with E-state index < -0.39 is 12.0 Å². The van der Waals surface area contributed by atoms with Crippen LogP contribution in [0.3, 0.4) is 0 Å². The predicted octanol–water partition coefficient (Wildman–Crippen LogP) is 2.29. The summed E-state index contributed by atoms with van der Waals surface area (Å²) in [6, 6.07) is 4.53. The smallest absolute Gasteiger partial charge is 0.327 e. The standard InChI is InChI=1S/C13H16N2O3S/c1-8-3-4-10(5-9(8)2)14-13(18)15-7-19-6-11(15)12(16)17/h3-5,11H,6-7H2,1-2H3,(H,14,18)(H,16,17)/t11-/m0/s1. The zero-order valence-electron chi connectivity index (χ0n) is 10.8. The van der Waals surface area contributed by atoms with Crippen LogP contribution in [0.25, 0.3) is 0 Å². The Hall–Kier alpha value is -1.69. The van der Waals surface area contributed by atoms with Crippen LogP contribution >= 0.6 is 11.8 Å². The second-order valence-corrected chi connectivity index (χ2v) is 5.55. The summed E-state index contributed by atoms with van der Waals surface area (Å²) in [5.74, 6) is -0.108. The minimum Gasteiger partial charge on any atom is -0.480 e. The van der Waals surface area contributed by atoms with Crippen molar-refractivity contribution in [1.82, 2.24) is 4.90 Å². The van der Waals surface area contributed by atoms with Crippen LogP contribution in [0, 0.1) is 13.8 Å². The van der Waals surface area contributed by atoms with Gasteiger partial charge in [0.15, 0.2) is 0 Å². The lowest BCUT2D eigenvalue weighted by Crippen LogP contribution is -2.43. The van der Waals surface area contributed by atoms with Gasteiger partial charge in [0.05, 0.1) is 5.88 Å². The predicted molar refractivity (Wildman–Crippen MR) is 75.5 cm³/mol. The summed E-state index contributed by atoms with van der Waals surface area (Å²) in [5.41, 5.74) is 2.93. The Labute approximate surface area is 116 Å². The molecule has 2 amide bonds. The molecule has 0 aliphatic carbocycles. The van der Waals surface area contributed by atoms with Gasteiger partial charge in [0.2, 0.25) is 0 Å². The Morgan fingerprint density at radius 3 is 2.74 bits per heavy atom. The van der Waals surface area contributed by atoms with E-state index in [1.165, 1.54) is 16.7 Å². The highest BCUT2D eigenvalue weighted by Crippen LogP contribution is 2.22. The van der Waals surface area contributed by atoms with Crippen molar-refractivity contribution in [2.75, 3.05) is 16.9 Å². The maximum absolute atomic E-state index is 12.1. The van der Waals surface area contributed by atoms with Gasteiger partial charge in [0.1, 0.15) is 6.04 Å². The number of anilines is 1. The molecule has 2 rings (SSSR count). The average molecular weight is 280 g/mol. The number of nitrogens with zero attached hydrogens (tertiary/aromatic N) is 1. The minimum absolute atomic E-state index is 0.361. The first-order valence-corrected chi connectivity index (χ1v) is 7.10. The molecular formula is C13H16N2O3S. The second-order valence-electron chi connectivity index (χ2n) is 4.55. The topological polar surface area (TPSA) is 69.6 Å². The number of carboxylic acids is 1. The first-order chi connectivity index (χ1) is 8.99. The minimum atomic E-state index is -0.958. The number of carbonyl (C=O) groups is 2. The lowest BCUT2D eigenvalue weighted by molar-refractivity contribution is -0.140. The molecule has 1 heterocycles. The van der Waals surface area contributed by atoms with Gasteiger partial charge in [0, 0.05) is 11.4 Å². The van der Waals surface area contributed by atoms with Crippen molar-refractivity contribution in [3.05, 3.63) is 29.3 Å². The largest absolute Gasteiger partial charge is 0.480 e. The molecule has 0 bridgehead atoms. The molecule has 0 spiro atoms. The highest BCUT2D eigenvalue weighted by molar-refractivity contribution is 7.99. The molecule has 1 aromatic rings. The van der Waals surface area contributed by atoms with Crippen molar-refractivity contribution < 1.29 is 14.7 Å². The van der Waals surface area contributed by atoms with Gasteiger partial charge in [-0.15, -0.1) is 11.8 Å². The number of benzene rings is 1. The van der Waals surface area contributed by atoms with E-state index in [9.17, 15) is 9.59 Å². The Kier molecular flexibility index (Phi) is 3.99. The number of carbonyl (C=O) groups excluding carboxylic acids is 1. The second kappa shape index (κ2) is 5.52. The molecule has 1 aliphatic heterocycles. The summed E-state index contributed by atoms with van der Waals surface area (Å²) in [6.07, 6.45) is 0. The highest BCUT2D eigenvalue weighted by atomic mass is 32.2. The molecule has 102 valence electrons. The maximum Gasteiger partial charge on any atom is 0.327 e. The third kappa shape index (κ3) is 3.01. The van der Waals surface area contributed by atoms with E-state index in [1.807, 2.05) is 32.0 Å². The van der Waals surface area contributed by atoms with Crippen LogP contribution in [0.15, 0.2) is 18.2 Å². The van der Waals surface area contributed by atoms with Crippen molar-refractivity contribution in [3.63, 3.8) is 0 Å². The van der Waals surface area contributed by atoms with E-state index in [2.05, 4.69) is 5.32 Å². The normalized spacial score (nSPS) is 18.4. The molecule has 5 nitrogen and oxygen atoms in total. The molecule has 19 heavy (non-hydrogen) atoms. The van der Waals surface area contributed by atoms with Gasteiger partial charge < -0.3 is 15.3 Å².